The maximum absolute atomic E-state index is 12.3. The van der Waals surface area contributed by atoms with Crippen LogP contribution in [0.5, 0.6) is 0 Å². The molecule has 100 valence electrons. The number of carbonyl (C=O) groups is 1. The number of aliphatic hydroxyl groups excluding tert-OH is 1. The zero-order valence-electron chi connectivity index (χ0n) is 9.25. The van der Waals surface area contributed by atoms with Crippen LogP contribution in [-0.4, -0.2) is 42.0 Å². The molecule has 0 saturated carbocycles. The SMILES string of the molecule is O=C(c1cc(Br)ccc1Cl)N(CCO)CC(F)F. The third-order valence-electron chi connectivity index (χ3n) is 2.17. The van der Waals surface area contributed by atoms with Gasteiger partial charge in [-0.05, 0) is 18.2 Å². The molecule has 0 bridgehead atoms. The van der Waals surface area contributed by atoms with Crippen LogP contribution >= 0.6 is 27.5 Å². The van der Waals surface area contributed by atoms with E-state index in [1.54, 1.807) is 6.07 Å². The number of aliphatic hydroxyl groups is 1. The predicted molar refractivity (Wildman–Crippen MR) is 68.1 cm³/mol. The summed E-state index contributed by atoms with van der Waals surface area (Å²) in [6, 6.07) is 4.60. The molecule has 0 aromatic heterocycles. The van der Waals surface area contributed by atoms with Gasteiger partial charge in [0.2, 0.25) is 0 Å². The van der Waals surface area contributed by atoms with Gasteiger partial charge in [-0.1, -0.05) is 27.5 Å². The molecule has 0 aliphatic carbocycles. The number of nitrogens with zero attached hydrogens (tertiary/aromatic N) is 1. The minimum absolute atomic E-state index is 0.125. The Balaban J connectivity index is 2.97. The van der Waals surface area contributed by atoms with Crippen molar-refractivity contribution in [1.29, 1.82) is 0 Å². The van der Waals surface area contributed by atoms with Crippen LogP contribution in [0.1, 0.15) is 10.4 Å². The monoisotopic (exact) mass is 341 g/mol. The largest absolute Gasteiger partial charge is 0.395 e. The summed E-state index contributed by atoms with van der Waals surface area (Å²) in [5.41, 5.74) is 0.125. The van der Waals surface area contributed by atoms with Crippen molar-refractivity contribution < 1.29 is 18.7 Å². The number of amides is 1. The Kier molecular flexibility index (Phi) is 5.98. The zero-order chi connectivity index (χ0) is 13.7. The first kappa shape index (κ1) is 15.3. The molecule has 0 aliphatic rings. The summed E-state index contributed by atoms with van der Waals surface area (Å²) in [7, 11) is 0. The minimum Gasteiger partial charge on any atom is -0.395 e. The molecular formula is C11H11BrClF2NO2. The van der Waals surface area contributed by atoms with Crippen molar-refractivity contribution in [1.82, 2.24) is 4.90 Å². The summed E-state index contributed by atoms with van der Waals surface area (Å²) >= 11 is 9.03. The maximum Gasteiger partial charge on any atom is 0.255 e. The van der Waals surface area contributed by atoms with E-state index in [1.807, 2.05) is 0 Å². The molecule has 0 atom stereocenters. The van der Waals surface area contributed by atoms with Gasteiger partial charge in [0.25, 0.3) is 12.3 Å². The lowest BCUT2D eigenvalue weighted by Gasteiger charge is -2.21. The van der Waals surface area contributed by atoms with Crippen LogP contribution in [0.2, 0.25) is 5.02 Å². The Morgan fingerprint density at radius 3 is 2.72 bits per heavy atom. The average molecular weight is 343 g/mol. The number of benzene rings is 1. The van der Waals surface area contributed by atoms with E-state index in [4.69, 9.17) is 16.7 Å². The van der Waals surface area contributed by atoms with Gasteiger partial charge in [-0.3, -0.25) is 4.79 Å². The van der Waals surface area contributed by atoms with Crippen molar-refractivity contribution in [2.24, 2.45) is 0 Å². The Bertz CT molecular complexity index is 432. The molecule has 3 nitrogen and oxygen atoms in total. The number of rotatable bonds is 5. The molecule has 0 fully saturated rings. The smallest absolute Gasteiger partial charge is 0.255 e. The van der Waals surface area contributed by atoms with Crippen LogP contribution in [0.25, 0.3) is 0 Å². The van der Waals surface area contributed by atoms with Crippen molar-refractivity contribution in [3.05, 3.63) is 33.3 Å². The van der Waals surface area contributed by atoms with E-state index in [0.29, 0.717) is 4.47 Å². The predicted octanol–water partition coefficient (Wildman–Crippen LogP) is 2.80. The quantitative estimate of drug-likeness (QED) is 0.894. The second-order valence-electron chi connectivity index (χ2n) is 3.49. The van der Waals surface area contributed by atoms with Gasteiger partial charge in [-0.25, -0.2) is 8.78 Å². The van der Waals surface area contributed by atoms with Crippen molar-refractivity contribution in [2.75, 3.05) is 19.7 Å². The van der Waals surface area contributed by atoms with Crippen LogP contribution in [0, 0.1) is 0 Å². The molecule has 1 rings (SSSR count). The zero-order valence-corrected chi connectivity index (χ0v) is 11.6. The Morgan fingerprint density at radius 2 is 2.17 bits per heavy atom. The van der Waals surface area contributed by atoms with E-state index in [0.717, 1.165) is 4.90 Å². The maximum atomic E-state index is 12.3. The molecule has 0 saturated heterocycles. The van der Waals surface area contributed by atoms with Gasteiger partial charge in [0, 0.05) is 11.0 Å². The molecule has 1 N–H and O–H groups in total. The van der Waals surface area contributed by atoms with Gasteiger partial charge in [-0.2, -0.15) is 0 Å². The number of carbonyl (C=O) groups excluding carboxylic acids is 1. The first-order valence-corrected chi connectivity index (χ1v) is 6.26. The average Bonchev–Trinajstić information content (AvgIpc) is 2.30. The molecule has 0 spiro atoms. The fourth-order valence-electron chi connectivity index (χ4n) is 1.39. The molecule has 1 aromatic carbocycles. The van der Waals surface area contributed by atoms with Crippen molar-refractivity contribution in [3.8, 4) is 0 Å². The lowest BCUT2D eigenvalue weighted by atomic mass is 10.2. The van der Waals surface area contributed by atoms with E-state index in [1.165, 1.54) is 12.1 Å². The number of hydrogen-bond acceptors (Lipinski definition) is 2. The highest BCUT2D eigenvalue weighted by molar-refractivity contribution is 9.10. The standard InChI is InChI=1S/C11H11BrClF2NO2/c12-7-1-2-9(13)8(5-7)11(18)16(3-4-17)6-10(14)15/h1-2,5,10,17H,3-4,6H2. The number of alkyl halides is 2. The summed E-state index contributed by atoms with van der Waals surface area (Å²) < 4.78 is 25.3. The van der Waals surface area contributed by atoms with Gasteiger partial charge < -0.3 is 10.0 Å². The highest BCUT2D eigenvalue weighted by Gasteiger charge is 2.21. The van der Waals surface area contributed by atoms with Crippen LogP contribution < -0.4 is 0 Å². The highest BCUT2D eigenvalue weighted by Crippen LogP contribution is 2.22. The molecule has 0 radical (unpaired) electrons. The number of hydrogen-bond donors (Lipinski definition) is 1. The fourth-order valence-corrected chi connectivity index (χ4v) is 1.95. The number of halogens is 4. The van der Waals surface area contributed by atoms with Crippen LogP contribution in [0.15, 0.2) is 22.7 Å². The third kappa shape index (κ3) is 4.19. The van der Waals surface area contributed by atoms with Gasteiger partial charge in [-0.15, -0.1) is 0 Å². The molecule has 7 heteroatoms. The topological polar surface area (TPSA) is 40.5 Å². The second-order valence-corrected chi connectivity index (χ2v) is 4.81. The molecule has 0 unspecified atom stereocenters. The van der Waals surface area contributed by atoms with Gasteiger partial charge in [0.1, 0.15) is 0 Å². The lowest BCUT2D eigenvalue weighted by molar-refractivity contribution is 0.0509. The summed E-state index contributed by atoms with van der Waals surface area (Å²) in [4.78, 5) is 12.9. The molecular weight excluding hydrogens is 331 g/mol. The van der Waals surface area contributed by atoms with E-state index < -0.39 is 18.9 Å². The summed E-state index contributed by atoms with van der Waals surface area (Å²) in [6.07, 6.45) is -2.66. The Morgan fingerprint density at radius 1 is 1.50 bits per heavy atom. The third-order valence-corrected chi connectivity index (χ3v) is 3.00. The molecule has 0 aliphatic heterocycles. The lowest BCUT2D eigenvalue weighted by Crippen LogP contribution is -2.37. The summed E-state index contributed by atoms with van der Waals surface area (Å²) in [5.74, 6) is -0.629. The molecule has 0 heterocycles. The van der Waals surface area contributed by atoms with Gasteiger partial charge in [0.05, 0.1) is 23.7 Å². The Labute approximate surface area is 116 Å². The first-order chi connectivity index (χ1) is 8.45. The second kappa shape index (κ2) is 7.01. The molecule has 18 heavy (non-hydrogen) atoms. The first-order valence-electron chi connectivity index (χ1n) is 5.09. The van der Waals surface area contributed by atoms with Crippen molar-refractivity contribution >= 4 is 33.4 Å². The van der Waals surface area contributed by atoms with Crippen LogP contribution in [0.3, 0.4) is 0 Å². The highest BCUT2D eigenvalue weighted by atomic mass is 79.9. The van der Waals surface area contributed by atoms with Gasteiger partial charge in [0.15, 0.2) is 0 Å². The fraction of sp³-hybridized carbons (Fsp3) is 0.364. The van der Waals surface area contributed by atoms with Crippen LogP contribution in [-0.2, 0) is 0 Å². The van der Waals surface area contributed by atoms with E-state index in [-0.39, 0.29) is 23.7 Å². The minimum atomic E-state index is -2.66. The van der Waals surface area contributed by atoms with E-state index >= 15 is 0 Å². The molecule has 1 amide bonds. The van der Waals surface area contributed by atoms with E-state index in [2.05, 4.69) is 15.9 Å². The van der Waals surface area contributed by atoms with Crippen molar-refractivity contribution in [2.45, 2.75) is 6.43 Å². The summed E-state index contributed by atoms with van der Waals surface area (Å²) in [6.45, 7) is -1.28. The normalized spacial score (nSPS) is 10.8. The van der Waals surface area contributed by atoms with Gasteiger partial charge >= 0.3 is 0 Å². The van der Waals surface area contributed by atoms with E-state index in [9.17, 15) is 13.6 Å². The Hall–Kier alpha value is -0.720. The van der Waals surface area contributed by atoms with Crippen molar-refractivity contribution in [3.63, 3.8) is 0 Å². The summed E-state index contributed by atoms with van der Waals surface area (Å²) in [5, 5.41) is 8.97. The molecule has 1 aromatic rings. The van der Waals surface area contributed by atoms with Crippen LogP contribution in [0.4, 0.5) is 8.78 Å².